The van der Waals surface area contributed by atoms with Gasteiger partial charge in [0.25, 0.3) is 5.56 Å². The zero-order chi connectivity index (χ0) is 20.1. The summed E-state index contributed by atoms with van der Waals surface area (Å²) in [5.41, 5.74) is 2.79. The van der Waals surface area contributed by atoms with Crippen LogP contribution in [0.4, 0.5) is 0 Å². The van der Waals surface area contributed by atoms with E-state index in [1.165, 1.54) is 27.8 Å². The van der Waals surface area contributed by atoms with Crippen LogP contribution in [0.3, 0.4) is 0 Å². The standard InChI is InChI=1S/C23H21N3O2S/c27-21(24-13-7-10-17-8-3-1-4-9-17)15-26-16-25-19-14-20(29-22(19)23(26)28)18-11-5-2-6-12-18/h1-6,8-9,11-12,14,16H,7,10,13,15H2,(H,24,27). The average Bonchev–Trinajstić information content (AvgIpc) is 3.20. The lowest BCUT2D eigenvalue weighted by Crippen LogP contribution is -2.32. The number of thiophene rings is 1. The molecule has 29 heavy (non-hydrogen) atoms. The maximum atomic E-state index is 12.8. The van der Waals surface area contributed by atoms with E-state index in [1.807, 2.05) is 54.6 Å². The highest BCUT2D eigenvalue weighted by Crippen LogP contribution is 2.30. The van der Waals surface area contributed by atoms with E-state index >= 15 is 0 Å². The molecular formula is C23H21N3O2S. The van der Waals surface area contributed by atoms with E-state index in [1.54, 1.807) is 0 Å². The Balaban J connectivity index is 1.39. The number of aromatic nitrogens is 2. The normalized spacial score (nSPS) is 10.9. The second-order valence-electron chi connectivity index (χ2n) is 6.81. The van der Waals surface area contributed by atoms with E-state index in [9.17, 15) is 9.59 Å². The van der Waals surface area contributed by atoms with Gasteiger partial charge < -0.3 is 5.32 Å². The molecule has 1 amide bonds. The Morgan fingerprint density at radius 2 is 1.76 bits per heavy atom. The summed E-state index contributed by atoms with van der Waals surface area (Å²) in [6.45, 7) is 0.557. The number of rotatable bonds is 7. The molecular weight excluding hydrogens is 382 g/mol. The van der Waals surface area contributed by atoms with Crippen LogP contribution in [0.25, 0.3) is 20.7 Å². The highest BCUT2D eigenvalue weighted by Gasteiger charge is 2.12. The van der Waals surface area contributed by atoms with Crippen LogP contribution >= 0.6 is 11.3 Å². The lowest BCUT2D eigenvalue weighted by Gasteiger charge is -2.07. The van der Waals surface area contributed by atoms with E-state index in [0.717, 1.165) is 23.3 Å². The van der Waals surface area contributed by atoms with Gasteiger partial charge in [-0.3, -0.25) is 14.2 Å². The van der Waals surface area contributed by atoms with Crippen LogP contribution in [0.15, 0.2) is 77.9 Å². The molecule has 0 aliphatic rings. The predicted molar refractivity (Wildman–Crippen MR) is 117 cm³/mol. The Morgan fingerprint density at radius 1 is 1.03 bits per heavy atom. The van der Waals surface area contributed by atoms with Crippen LogP contribution in [-0.2, 0) is 17.8 Å². The number of amides is 1. The van der Waals surface area contributed by atoms with Crippen molar-refractivity contribution >= 4 is 27.5 Å². The number of nitrogens with one attached hydrogen (secondary N) is 1. The third-order valence-corrected chi connectivity index (χ3v) is 5.84. The van der Waals surface area contributed by atoms with Gasteiger partial charge in [-0.15, -0.1) is 11.3 Å². The van der Waals surface area contributed by atoms with E-state index in [-0.39, 0.29) is 18.0 Å². The second-order valence-corrected chi connectivity index (χ2v) is 7.86. The number of nitrogens with zero attached hydrogens (tertiary/aromatic N) is 2. The first-order valence-electron chi connectivity index (χ1n) is 9.56. The zero-order valence-electron chi connectivity index (χ0n) is 15.9. The lowest BCUT2D eigenvalue weighted by molar-refractivity contribution is -0.121. The summed E-state index contributed by atoms with van der Waals surface area (Å²) in [4.78, 5) is 30.4. The number of carbonyl (C=O) groups is 1. The molecule has 0 radical (unpaired) electrons. The summed E-state index contributed by atoms with van der Waals surface area (Å²) in [6, 6.07) is 22.0. The maximum absolute atomic E-state index is 12.8. The van der Waals surface area contributed by atoms with E-state index in [2.05, 4.69) is 22.4 Å². The fourth-order valence-corrected chi connectivity index (χ4v) is 4.24. The second kappa shape index (κ2) is 8.84. The van der Waals surface area contributed by atoms with Crippen LogP contribution in [0.2, 0.25) is 0 Å². The van der Waals surface area contributed by atoms with Crippen LogP contribution < -0.4 is 10.9 Å². The number of fused-ring (bicyclic) bond motifs is 1. The summed E-state index contributed by atoms with van der Waals surface area (Å²) in [5, 5.41) is 2.88. The summed E-state index contributed by atoms with van der Waals surface area (Å²) in [5.74, 6) is -0.179. The van der Waals surface area contributed by atoms with E-state index in [0.29, 0.717) is 16.8 Å². The Morgan fingerprint density at radius 3 is 2.52 bits per heavy atom. The Bertz CT molecular complexity index is 1170. The van der Waals surface area contributed by atoms with Crippen molar-refractivity contribution < 1.29 is 4.79 Å². The molecule has 0 atom stereocenters. The van der Waals surface area contributed by atoms with E-state index < -0.39 is 0 Å². The minimum absolute atomic E-state index is 0.0221. The van der Waals surface area contributed by atoms with Crippen molar-refractivity contribution in [1.29, 1.82) is 0 Å². The lowest BCUT2D eigenvalue weighted by atomic mass is 10.1. The Kier molecular flexibility index (Phi) is 5.81. The van der Waals surface area contributed by atoms with Crippen LogP contribution in [-0.4, -0.2) is 22.0 Å². The minimum atomic E-state index is -0.179. The average molecular weight is 404 g/mol. The fraction of sp³-hybridized carbons (Fsp3) is 0.174. The molecule has 2 heterocycles. The van der Waals surface area contributed by atoms with Crippen molar-refractivity contribution in [2.75, 3.05) is 6.54 Å². The van der Waals surface area contributed by atoms with Crippen molar-refractivity contribution in [3.63, 3.8) is 0 Å². The molecule has 2 aromatic heterocycles. The molecule has 0 saturated carbocycles. The third-order valence-electron chi connectivity index (χ3n) is 4.68. The molecule has 0 unspecified atom stereocenters. The Hall–Kier alpha value is -3.25. The first-order chi connectivity index (χ1) is 14.2. The van der Waals surface area contributed by atoms with Gasteiger partial charge in [-0.05, 0) is 30.0 Å². The van der Waals surface area contributed by atoms with Gasteiger partial charge in [0.2, 0.25) is 5.91 Å². The smallest absolute Gasteiger partial charge is 0.271 e. The molecule has 4 aromatic rings. The number of carbonyl (C=O) groups excluding carboxylic acids is 1. The van der Waals surface area contributed by atoms with E-state index in [4.69, 9.17) is 0 Å². The summed E-state index contributed by atoms with van der Waals surface area (Å²) < 4.78 is 1.95. The van der Waals surface area contributed by atoms with Crippen molar-refractivity contribution in [3.8, 4) is 10.4 Å². The van der Waals surface area contributed by atoms with Crippen LogP contribution in [0, 0.1) is 0 Å². The van der Waals surface area contributed by atoms with Crippen LogP contribution in [0.5, 0.6) is 0 Å². The minimum Gasteiger partial charge on any atom is -0.355 e. The molecule has 2 aromatic carbocycles. The number of aryl methyl sites for hydroxylation is 1. The topological polar surface area (TPSA) is 64.0 Å². The quantitative estimate of drug-likeness (QED) is 0.477. The monoisotopic (exact) mass is 403 g/mol. The molecule has 0 saturated heterocycles. The van der Waals surface area contributed by atoms with Crippen molar-refractivity contribution in [3.05, 3.63) is 89.0 Å². The van der Waals surface area contributed by atoms with Gasteiger partial charge in [0.1, 0.15) is 11.2 Å². The highest BCUT2D eigenvalue weighted by atomic mass is 32.1. The molecule has 0 aliphatic heterocycles. The molecule has 5 nitrogen and oxygen atoms in total. The fourth-order valence-electron chi connectivity index (χ4n) is 3.18. The number of hydrogen-bond acceptors (Lipinski definition) is 4. The molecule has 6 heteroatoms. The first-order valence-corrected chi connectivity index (χ1v) is 10.4. The van der Waals surface area contributed by atoms with Gasteiger partial charge in [0.05, 0.1) is 11.8 Å². The van der Waals surface area contributed by atoms with Crippen molar-refractivity contribution in [2.24, 2.45) is 0 Å². The molecule has 0 bridgehead atoms. The maximum Gasteiger partial charge on any atom is 0.271 e. The van der Waals surface area contributed by atoms with Gasteiger partial charge >= 0.3 is 0 Å². The van der Waals surface area contributed by atoms with Gasteiger partial charge in [0, 0.05) is 11.4 Å². The highest BCUT2D eigenvalue weighted by molar-refractivity contribution is 7.22. The van der Waals surface area contributed by atoms with Crippen molar-refractivity contribution in [2.45, 2.75) is 19.4 Å². The molecule has 4 rings (SSSR count). The first kappa shape index (κ1) is 19.1. The van der Waals surface area contributed by atoms with Gasteiger partial charge in [-0.2, -0.15) is 0 Å². The molecule has 0 spiro atoms. The summed E-state index contributed by atoms with van der Waals surface area (Å²) >= 11 is 1.41. The number of hydrogen-bond donors (Lipinski definition) is 1. The molecule has 1 N–H and O–H groups in total. The zero-order valence-corrected chi connectivity index (χ0v) is 16.7. The predicted octanol–water partition coefficient (Wildman–Crippen LogP) is 3.87. The molecule has 0 aliphatic carbocycles. The summed E-state index contributed by atoms with van der Waals surface area (Å²) in [6.07, 6.45) is 3.22. The van der Waals surface area contributed by atoms with Gasteiger partial charge in [-0.1, -0.05) is 60.7 Å². The van der Waals surface area contributed by atoms with Gasteiger partial charge in [0.15, 0.2) is 0 Å². The summed E-state index contributed by atoms with van der Waals surface area (Å²) in [7, 11) is 0. The third kappa shape index (κ3) is 4.60. The number of benzene rings is 2. The Labute approximate surface area is 172 Å². The van der Waals surface area contributed by atoms with Crippen molar-refractivity contribution in [1.82, 2.24) is 14.9 Å². The largest absolute Gasteiger partial charge is 0.355 e. The molecule has 146 valence electrons. The molecule has 0 fully saturated rings. The SMILES string of the molecule is O=C(Cn1cnc2cc(-c3ccccc3)sc2c1=O)NCCCc1ccccc1. The van der Waals surface area contributed by atoms with Crippen LogP contribution in [0.1, 0.15) is 12.0 Å². The van der Waals surface area contributed by atoms with Gasteiger partial charge in [-0.25, -0.2) is 4.98 Å².